The van der Waals surface area contributed by atoms with Crippen molar-refractivity contribution >= 4 is 5.96 Å². The lowest BCUT2D eigenvalue weighted by Gasteiger charge is -2.18. The van der Waals surface area contributed by atoms with E-state index in [2.05, 4.69) is 44.4 Å². The summed E-state index contributed by atoms with van der Waals surface area (Å²) in [6.45, 7) is 5.58. The van der Waals surface area contributed by atoms with Gasteiger partial charge in [-0.2, -0.15) is 0 Å². The van der Waals surface area contributed by atoms with Crippen LogP contribution in [-0.4, -0.2) is 56.0 Å². The summed E-state index contributed by atoms with van der Waals surface area (Å²) >= 11 is 0. The number of nitrogens with one attached hydrogen (secondary N) is 1. The lowest BCUT2D eigenvalue weighted by molar-refractivity contribution is 0.330. The second-order valence-electron chi connectivity index (χ2n) is 6.20. The zero-order valence-electron chi connectivity index (χ0n) is 14.1. The van der Waals surface area contributed by atoms with Crippen molar-refractivity contribution in [2.24, 2.45) is 4.99 Å². The molecule has 0 bridgehead atoms. The second-order valence-corrected chi connectivity index (χ2v) is 6.20. The van der Waals surface area contributed by atoms with Gasteiger partial charge in [-0.15, -0.1) is 0 Å². The molecule has 0 spiro atoms. The zero-order valence-corrected chi connectivity index (χ0v) is 14.1. The quantitative estimate of drug-likeness (QED) is 0.477. The summed E-state index contributed by atoms with van der Waals surface area (Å²) in [5.74, 6) is 0.977. The highest BCUT2D eigenvalue weighted by Gasteiger charge is 2.10. The molecule has 1 heterocycles. The maximum absolute atomic E-state index is 4.69. The lowest BCUT2D eigenvalue weighted by atomic mass is 10.2. The summed E-state index contributed by atoms with van der Waals surface area (Å²) in [4.78, 5) is 9.33. The molecule has 1 fully saturated rings. The van der Waals surface area contributed by atoms with E-state index in [0.717, 1.165) is 19.0 Å². The Morgan fingerprint density at radius 2 is 1.86 bits per heavy atom. The summed E-state index contributed by atoms with van der Waals surface area (Å²) in [5.41, 5.74) is 1.25. The SMILES string of the molecule is CN(C)C(=NCc1ccccc1)NCCCCN1CCCC1. The number of likely N-dealkylation sites (tertiary alicyclic amines) is 1. The molecule has 1 aromatic rings. The van der Waals surface area contributed by atoms with Gasteiger partial charge in [-0.25, -0.2) is 4.99 Å². The van der Waals surface area contributed by atoms with E-state index in [0.29, 0.717) is 0 Å². The van der Waals surface area contributed by atoms with Crippen molar-refractivity contribution in [2.75, 3.05) is 40.3 Å². The van der Waals surface area contributed by atoms with Gasteiger partial charge in [0.05, 0.1) is 6.54 Å². The molecule has 0 aromatic heterocycles. The minimum Gasteiger partial charge on any atom is -0.356 e. The molecule has 1 aliphatic heterocycles. The Balaban J connectivity index is 1.67. The predicted molar refractivity (Wildman–Crippen MR) is 94.2 cm³/mol. The summed E-state index contributed by atoms with van der Waals surface area (Å²) in [5, 5.41) is 3.47. The minimum absolute atomic E-state index is 0.731. The Hall–Kier alpha value is -1.55. The van der Waals surface area contributed by atoms with Crippen LogP contribution < -0.4 is 5.32 Å². The van der Waals surface area contributed by atoms with E-state index in [1.165, 1.54) is 50.9 Å². The van der Waals surface area contributed by atoms with E-state index in [4.69, 9.17) is 0 Å². The van der Waals surface area contributed by atoms with Crippen molar-refractivity contribution in [3.8, 4) is 0 Å². The number of hydrogen-bond donors (Lipinski definition) is 1. The highest BCUT2D eigenvalue weighted by Crippen LogP contribution is 2.08. The van der Waals surface area contributed by atoms with Gasteiger partial charge < -0.3 is 15.1 Å². The maximum Gasteiger partial charge on any atom is 0.193 e. The monoisotopic (exact) mass is 302 g/mol. The van der Waals surface area contributed by atoms with Gasteiger partial charge in [0.1, 0.15) is 0 Å². The van der Waals surface area contributed by atoms with Crippen LogP contribution in [0.4, 0.5) is 0 Å². The third kappa shape index (κ3) is 6.06. The van der Waals surface area contributed by atoms with E-state index in [9.17, 15) is 0 Å². The zero-order chi connectivity index (χ0) is 15.6. The van der Waals surface area contributed by atoms with Gasteiger partial charge in [-0.1, -0.05) is 30.3 Å². The number of benzene rings is 1. The van der Waals surface area contributed by atoms with Gasteiger partial charge in [0.15, 0.2) is 5.96 Å². The maximum atomic E-state index is 4.69. The summed E-state index contributed by atoms with van der Waals surface area (Å²) < 4.78 is 0. The summed E-state index contributed by atoms with van der Waals surface area (Å²) in [7, 11) is 4.09. The standard InChI is InChI=1S/C18H30N4/c1-21(2)18(20-16-17-10-4-3-5-11-17)19-12-6-7-13-22-14-8-9-15-22/h3-5,10-11H,6-9,12-16H2,1-2H3,(H,19,20). The molecule has 0 radical (unpaired) electrons. The third-order valence-electron chi connectivity index (χ3n) is 4.06. The van der Waals surface area contributed by atoms with Crippen LogP contribution in [0.5, 0.6) is 0 Å². The average Bonchev–Trinajstić information content (AvgIpc) is 3.04. The molecule has 1 aliphatic rings. The topological polar surface area (TPSA) is 30.9 Å². The van der Waals surface area contributed by atoms with Crippen molar-refractivity contribution in [3.63, 3.8) is 0 Å². The fraction of sp³-hybridized carbons (Fsp3) is 0.611. The Morgan fingerprint density at radius 3 is 2.55 bits per heavy atom. The van der Waals surface area contributed by atoms with Gasteiger partial charge in [0, 0.05) is 20.6 Å². The van der Waals surface area contributed by atoms with Crippen LogP contribution in [0, 0.1) is 0 Å². The molecule has 0 saturated carbocycles. The first-order valence-corrected chi connectivity index (χ1v) is 8.47. The minimum atomic E-state index is 0.731. The van der Waals surface area contributed by atoms with Crippen molar-refractivity contribution in [1.29, 1.82) is 0 Å². The second kappa shape index (κ2) is 9.46. The van der Waals surface area contributed by atoms with Gasteiger partial charge in [-0.05, 0) is 50.9 Å². The van der Waals surface area contributed by atoms with Crippen molar-refractivity contribution in [3.05, 3.63) is 35.9 Å². The van der Waals surface area contributed by atoms with E-state index < -0.39 is 0 Å². The smallest absolute Gasteiger partial charge is 0.193 e. The fourth-order valence-corrected chi connectivity index (χ4v) is 2.77. The van der Waals surface area contributed by atoms with Crippen LogP contribution in [-0.2, 0) is 6.54 Å². The van der Waals surface area contributed by atoms with Crippen molar-refractivity contribution in [2.45, 2.75) is 32.2 Å². The first-order chi connectivity index (χ1) is 10.8. The van der Waals surface area contributed by atoms with Crippen LogP contribution in [0.3, 0.4) is 0 Å². The van der Waals surface area contributed by atoms with Crippen molar-refractivity contribution in [1.82, 2.24) is 15.1 Å². The number of rotatable bonds is 7. The van der Waals surface area contributed by atoms with Crippen LogP contribution >= 0.6 is 0 Å². The van der Waals surface area contributed by atoms with E-state index in [-0.39, 0.29) is 0 Å². The van der Waals surface area contributed by atoms with Crippen LogP contribution in [0.2, 0.25) is 0 Å². The normalized spacial score (nSPS) is 16.0. The molecular weight excluding hydrogens is 272 g/mol. The number of hydrogen-bond acceptors (Lipinski definition) is 2. The van der Waals surface area contributed by atoms with E-state index >= 15 is 0 Å². The molecule has 2 rings (SSSR count). The van der Waals surface area contributed by atoms with Gasteiger partial charge in [0.2, 0.25) is 0 Å². The molecule has 0 aliphatic carbocycles. The highest BCUT2D eigenvalue weighted by molar-refractivity contribution is 5.79. The van der Waals surface area contributed by atoms with E-state index in [1.807, 2.05) is 20.2 Å². The molecule has 1 aromatic carbocycles. The molecule has 0 unspecified atom stereocenters. The number of aliphatic imine (C=N–C) groups is 1. The summed E-state index contributed by atoms with van der Waals surface area (Å²) in [6.07, 6.45) is 5.24. The lowest BCUT2D eigenvalue weighted by Crippen LogP contribution is -2.37. The largest absolute Gasteiger partial charge is 0.356 e. The molecule has 1 N–H and O–H groups in total. The fourth-order valence-electron chi connectivity index (χ4n) is 2.77. The first kappa shape index (κ1) is 16.8. The van der Waals surface area contributed by atoms with Gasteiger partial charge >= 0.3 is 0 Å². The molecule has 0 amide bonds. The highest BCUT2D eigenvalue weighted by atomic mass is 15.3. The van der Waals surface area contributed by atoms with Crippen molar-refractivity contribution < 1.29 is 0 Å². The van der Waals surface area contributed by atoms with E-state index in [1.54, 1.807) is 0 Å². The van der Waals surface area contributed by atoms with Crippen LogP contribution in [0.1, 0.15) is 31.2 Å². The average molecular weight is 302 g/mol. The molecular formula is C18H30N4. The van der Waals surface area contributed by atoms with Crippen LogP contribution in [0.25, 0.3) is 0 Å². The number of nitrogens with zero attached hydrogens (tertiary/aromatic N) is 3. The Labute approximate surface area is 135 Å². The predicted octanol–water partition coefficient (Wildman–Crippen LogP) is 2.57. The molecule has 4 nitrogen and oxygen atoms in total. The van der Waals surface area contributed by atoms with Gasteiger partial charge in [-0.3, -0.25) is 0 Å². The molecule has 0 atom stereocenters. The first-order valence-electron chi connectivity index (χ1n) is 8.47. The summed E-state index contributed by atoms with van der Waals surface area (Å²) in [6, 6.07) is 10.4. The van der Waals surface area contributed by atoms with Crippen LogP contribution in [0.15, 0.2) is 35.3 Å². The molecule has 4 heteroatoms. The molecule has 22 heavy (non-hydrogen) atoms. The van der Waals surface area contributed by atoms with Gasteiger partial charge in [0.25, 0.3) is 0 Å². The Kier molecular flexibility index (Phi) is 7.23. The third-order valence-corrected chi connectivity index (χ3v) is 4.06. The Morgan fingerprint density at radius 1 is 1.14 bits per heavy atom. The number of guanidine groups is 1. The Bertz CT molecular complexity index is 436. The number of unbranched alkanes of at least 4 members (excludes halogenated alkanes) is 1. The molecule has 122 valence electrons. The molecule has 1 saturated heterocycles.